The summed E-state index contributed by atoms with van der Waals surface area (Å²) in [6, 6.07) is 1.96. The minimum Gasteiger partial charge on any atom is -0.269 e. The average Bonchev–Trinajstić information content (AvgIpc) is 2.81. The number of halogens is 2. The number of hydrogen-bond acceptors (Lipinski definition) is 5. The van der Waals surface area contributed by atoms with Crippen LogP contribution in [-0.2, 0) is 14.8 Å². The number of thiazole rings is 1. The minimum atomic E-state index is -4.41. The van der Waals surface area contributed by atoms with E-state index in [1.807, 2.05) is 0 Å². The first kappa shape index (κ1) is 16.2. The molecule has 0 bridgehead atoms. The van der Waals surface area contributed by atoms with Gasteiger partial charge in [0.1, 0.15) is 16.5 Å². The van der Waals surface area contributed by atoms with Gasteiger partial charge in [0.25, 0.3) is 15.9 Å². The molecule has 9 heteroatoms. The summed E-state index contributed by atoms with van der Waals surface area (Å²) >= 11 is 1.32. The average molecular weight is 344 g/mol. The van der Waals surface area contributed by atoms with Crippen molar-refractivity contribution in [1.29, 1.82) is 0 Å². The predicted molar refractivity (Wildman–Crippen MR) is 77.6 cm³/mol. The van der Waals surface area contributed by atoms with Crippen LogP contribution in [0.5, 0.6) is 0 Å². The van der Waals surface area contributed by atoms with Gasteiger partial charge in [0, 0.05) is 23.2 Å². The van der Waals surface area contributed by atoms with Crippen LogP contribution in [-0.4, -0.2) is 19.3 Å². The number of nitrogens with zero attached hydrogens (tertiary/aromatic N) is 1. The van der Waals surface area contributed by atoms with Gasteiger partial charge in [-0.25, -0.2) is 26.9 Å². The quantitative estimate of drug-likeness (QED) is 0.863. The van der Waals surface area contributed by atoms with Crippen LogP contribution >= 0.6 is 11.3 Å². The molecule has 1 amide bonds. The Balaban J connectivity index is 2.14. The zero-order valence-corrected chi connectivity index (χ0v) is 12.8. The molecular weight excluding hydrogens is 334 g/mol. The van der Waals surface area contributed by atoms with Crippen LogP contribution in [0.15, 0.2) is 35.4 Å². The van der Waals surface area contributed by atoms with E-state index in [1.165, 1.54) is 23.6 Å². The van der Waals surface area contributed by atoms with Gasteiger partial charge >= 0.3 is 0 Å². The van der Waals surface area contributed by atoms with E-state index in [0.717, 1.165) is 23.2 Å². The number of carbonyl (C=O) groups excluding carboxylic acids is 1. The highest BCUT2D eigenvalue weighted by Crippen LogP contribution is 2.16. The van der Waals surface area contributed by atoms with Crippen molar-refractivity contribution in [3.63, 3.8) is 0 Å². The van der Waals surface area contributed by atoms with Crippen molar-refractivity contribution in [2.45, 2.75) is 11.8 Å². The maximum atomic E-state index is 13.5. The lowest BCUT2D eigenvalue weighted by molar-refractivity contribution is -0.114. The molecular formula is C13H10F2N2O3S2. The van der Waals surface area contributed by atoms with Crippen molar-refractivity contribution in [3.05, 3.63) is 52.0 Å². The molecule has 1 aromatic carbocycles. The third-order valence-corrected chi connectivity index (χ3v) is 4.71. The molecule has 0 atom stereocenters. The number of aryl methyl sites for hydroxylation is 1. The summed E-state index contributed by atoms with van der Waals surface area (Å²) in [6.07, 6.45) is 3.90. The van der Waals surface area contributed by atoms with Gasteiger partial charge in [0.2, 0.25) is 0 Å². The van der Waals surface area contributed by atoms with E-state index in [2.05, 4.69) is 4.98 Å². The molecule has 0 unspecified atom stereocenters. The second-order valence-corrected chi connectivity index (χ2v) is 7.08. The Morgan fingerprint density at radius 3 is 2.68 bits per heavy atom. The van der Waals surface area contributed by atoms with Gasteiger partial charge in [-0.15, -0.1) is 11.3 Å². The Labute approximate surface area is 129 Å². The Kier molecular flexibility index (Phi) is 4.67. The third kappa shape index (κ3) is 3.95. The minimum absolute atomic E-state index is 0.426. The van der Waals surface area contributed by atoms with Crippen molar-refractivity contribution < 1.29 is 22.0 Å². The Morgan fingerprint density at radius 1 is 1.36 bits per heavy atom. The molecule has 5 nitrogen and oxygen atoms in total. The number of rotatable bonds is 4. The maximum absolute atomic E-state index is 13.5. The molecule has 1 aromatic heterocycles. The van der Waals surface area contributed by atoms with Crippen LogP contribution < -0.4 is 4.72 Å². The van der Waals surface area contributed by atoms with Crippen molar-refractivity contribution in [2.75, 3.05) is 0 Å². The van der Waals surface area contributed by atoms with Crippen LogP contribution in [0.25, 0.3) is 6.08 Å². The standard InChI is InChI=1S/C13H10F2N2O3S2/c1-8-16-7-10(21-8)3-5-13(18)17-22(19,20)12-4-2-9(14)6-11(12)15/h2-7H,1H3,(H,17,18). The number of hydrogen-bond donors (Lipinski definition) is 1. The molecule has 0 radical (unpaired) electrons. The van der Waals surface area contributed by atoms with Gasteiger partial charge in [0.15, 0.2) is 0 Å². The highest BCUT2D eigenvalue weighted by Gasteiger charge is 2.21. The number of nitrogens with one attached hydrogen (secondary N) is 1. The molecule has 116 valence electrons. The highest BCUT2D eigenvalue weighted by molar-refractivity contribution is 7.90. The van der Waals surface area contributed by atoms with E-state index in [-0.39, 0.29) is 0 Å². The summed E-state index contributed by atoms with van der Waals surface area (Å²) in [5.74, 6) is -3.14. The fraction of sp³-hybridized carbons (Fsp3) is 0.0769. The van der Waals surface area contributed by atoms with E-state index in [0.29, 0.717) is 10.9 Å². The van der Waals surface area contributed by atoms with Crippen molar-refractivity contribution in [1.82, 2.24) is 9.71 Å². The van der Waals surface area contributed by atoms with Crippen LogP contribution in [0.2, 0.25) is 0 Å². The van der Waals surface area contributed by atoms with E-state index in [4.69, 9.17) is 0 Å². The number of sulfonamides is 1. The molecule has 0 aliphatic rings. The number of amides is 1. The van der Waals surface area contributed by atoms with Crippen molar-refractivity contribution in [3.8, 4) is 0 Å². The molecule has 0 fully saturated rings. The summed E-state index contributed by atoms with van der Waals surface area (Å²) in [5.41, 5.74) is 0. The summed E-state index contributed by atoms with van der Waals surface area (Å²) in [5, 5.41) is 0.793. The van der Waals surface area contributed by atoms with Crippen LogP contribution in [0.1, 0.15) is 9.88 Å². The van der Waals surface area contributed by atoms with Gasteiger partial charge in [-0.05, 0) is 25.1 Å². The molecule has 1 N–H and O–H groups in total. The van der Waals surface area contributed by atoms with Gasteiger partial charge in [-0.2, -0.15) is 0 Å². The van der Waals surface area contributed by atoms with Gasteiger partial charge in [0.05, 0.1) is 5.01 Å². The first-order valence-corrected chi connectivity index (χ1v) is 8.20. The van der Waals surface area contributed by atoms with Crippen molar-refractivity contribution in [2.24, 2.45) is 0 Å². The normalized spacial score (nSPS) is 11.8. The molecule has 22 heavy (non-hydrogen) atoms. The fourth-order valence-corrected chi connectivity index (χ4v) is 3.22. The second kappa shape index (κ2) is 6.32. The SMILES string of the molecule is Cc1ncc(C=CC(=O)NS(=O)(=O)c2ccc(F)cc2F)s1. The molecule has 0 spiro atoms. The zero-order chi connectivity index (χ0) is 16.3. The summed E-state index contributed by atoms with van der Waals surface area (Å²) in [4.78, 5) is 15.4. The monoisotopic (exact) mass is 344 g/mol. The topological polar surface area (TPSA) is 76.1 Å². The summed E-state index contributed by atoms with van der Waals surface area (Å²) in [7, 11) is -4.41. The number of carbonyl (C=O) groups is 1. The van der Waals surface area contributed by atoms with Crippen LogP contribution in [0, 0.1) is 18.6 Å². The van der Waals surface area contributed by atoms with E-state index < -0.39 is 32.5 Å². The maximum Gasteiger partial charge on any atom is 0.267 e. The summed E-state index contributed by atoms with van der Waals surface area (Å²) < 4.78 is 51.6. The molecule has 2 rings (SSSR count). The first-order chi connectivity index (χ1) is 10.3. The zero-order valence-electron chi connectivity index (χ0n) is 11.2. The number of aromatic nitrogens is 1. The molecule has 0 aliphatic carbocycles. The van der Waals surface area contributed by atoms with E-state index in [1.54, 1.807) is 11.6 Å². The Morgan fingerprint density at radius 2 is 2.09 bits per heavy atom. The smallest absolute Gasteiger partial charge is 0.267 e. The van der Waals surface area contributed by atoms with E-state index >= 15 is 0 Å². The van der Waals surface area contributed by atoms with Crippen molar-refractivity contribution >= 4 is 33.3 Å². The molecule has 2 aromatic rings. The molecule has 0 saturated heterocycles. The molecule has 1 heterocycles. The van der Waals surface area contributed by atoms with Gasteiger partial charge in [-0.3, -0.25) is 4.79 Å². The van der Waals surface area contributed by atoms with E-state index in [9.17, 15) is 22.0 Å². The summed E-state index contributed by atoms with van der Waals surface area (Å²) in [6.45, 7) is 1.78. The van der Waals surface area contributed by atoms with Gasteiger partial charge < -0.3 is 0 Å². The number of benzene rings is 1. The van der Waals surface area contributed by atoms with Crippen LogP contribution in [0.3, 0.4) is 0 Å². The second-order valence-electron chi connectivity index (χ2n) is 4.16. The lowest BCUT2D eigenvalue weighted by Crippen LogP contribution is -2.29. The predicted octanol–water partition coefficient (Wildman–Crippen LogP) is 2.25. The Bertz CT molecular complexity index is 845. The van der Waals surface area contributed by atoms with Gasteiger partial charge in [-0.1, -0.05) is 0 Å². The fourth-order valence-electron chi connectivity index (χ4n) is 1.53. The highest BCUT2D eigenvalue weighted by atomic mass is 32.2. The molecule has 0 aliphatic heterocycles. The largest absolute Gasteiger partial charge is 0.269 e. The van der Waals surface area contributed by atoms with Crippen LogP contribution in [0.4, 0.5) is 8.78 Å². The third-order valence-electron chi connectivity index (χ3n) is 2.46. The lowest BCUT2D eigenvalue weighted by atomic mass is 10.3. The Hall–Kier alpha value is -2.13. The lowest BCUT2D eigenvalue weighted by Gasteiger charge is -2.05. The molecule has 0 saturated carbocycles. The first-order valence-electron chi connectivity index (χ1n) is 5.90.